The Morgan fingerprint density at radius 2 is 2.12 bits per heavy atom. The molecule has 1 aliphatic carbocycles. The quantitative estimate of drug-likeness (QED) is 0.795. The monoisotopic (exact) mass is 234 g/mol. The van der Waals surface area contributed by atoms with Gasteiger partial charge >= 0.3 is 6.18 Å². The first kappa shape index (κ1) is 11.1. The first-order valence-electron chi connectivity index (χ1n) is 4.86. The molecule has 7 heteroatoms. The Bertz CT molecular complexity index is 396. The maximum atomic E-state index is 11.9. The summed E-state index contributed by atoms with van der Waals surface area (Å²) in [5.41, 5.74) is 0. The zero-order valence-electron chi connectivity index (χ0n) is 8.25. The fourth-order valence-corrected chi connectivity index (χ4v) is 1.26. The number of ketones is 1. The Balaban J connectivity index is 1.94. The average Bonchev–Trinajstić information content (AvgIpc) is 2.85. The third-order valence-electron chi connectivity index (χ3n) is 2.31. The Morgan fingerprint density at radius 1 is 1.44 bits per heavy atom. The van der Waals surface area contributed by atoms with Gasteiger partial charge in [0, 0.05) is 6.42 Å². The van der Waals surface area contributed by atoms with Crippen LogP contribution < -0.4 is 0 Å². The first-order chi connectivity index (χ1) is 7.45. The van der Waals surface area contributed by atoms with E-state index in [2.05, 4.69) is 14.7 Å². The molecule has 0 aromatic carbocycles. The number of hydrogen-bond donors (Lipinski definition) is 0. The van der Waals surface area contributed by atoms with E-state index in [9.17, 15) is 18.0 Å². The van der Waals surface area contributed by atoms with E-state index >= 15 is 0 Å². The van der Waals surface area contributed by atoms with Gasteiger partial charge in [0.05, 0.1) is 6.42 Å². The summed E-state index contributed by atoms with van der Waals surface area (Å²) in [5, 5.41) is 3.53. The zero-order valence-corrected chi connectivity index (χ0v) is 8.25. The van der Waals surface area contributed by atoms with Crippen LogP contribution in [0.1, 0.15) is 24.6 Å². The van der Waals surface area contributed by atoms with Crippen LogP contribution in [0.2, 0.25) is 0 Å². The lowest BCUT2D eigenvalue weighted by molar-refractivity contribution is -0.170. The van der Waals surface area contributed by atoms with Crippen molar-refractivity contribution in [3.05, 3.63) is 11.7 Å². The van der Waals surface area contributed by atoms with Crippen LogP contribution in [0.15, 0.2) is 4.52 Å². The Labute approximate surface area is 88.8 Å². The van der Waals surface area contributed by atoms with Crippen LogP contribution in [-0.4, -0.2) is 22.1 Å². The third-order valence-corrected chi connectivity index (χ3v) is 2.31. The number of carbonyl (C=O) groups excluding carboxylic acids is 1. The molecule has 1 aliphatic rings. The van der Waals surface area contributed by atoms with Crippen LogP contribution in [0.25, 0.3) is 0 Å². The van der Waals surface area contributed by atoms with Gasteiger partial charge in [0.2, 0.25) is 11.7 Å². The highest BCUT2D eigenvalue weighted by Gasteiger charge is 2.39. The molecule has 0 saturated heterocycles. The summed E-state index contributed by atoms with van der Waals surface area (Å²) in [6, 6.07) is 0. The van der Waals surface area contributed by atoms with Gasteiger partial charge in [-0.2, -0.15) is 18.2 Å². The summed E-state index contributed by atoms with van der Waals surface area (Å²) in [4.78, 5) is 14.4. The lowest BCUT2D eigenvalue weighted by atomic mass is 10.2. The molecule has 0 unspecified atom stereocenters. The van der Waals surface area contributed by atoms with Gasteiger partial charge in [-0.3, -0.25) is 4.79 Å². The van der Waals surface area contributed by atoms with Crippen LogP contribution >= 0.6 is 0 Å². The number of Topliss-reactive ketones (excluding diaryl/α,β-unsaturated/α-hetero) is 1. The molecule has 88 valence electrons. The van der Waals surface area contributed by atoms with Gasteiger partial charge in [0.25, 0.3) is 0 Å². The normalized spacial score (nSPS) is 16.4. The second-order valence-electron chi connectivity index (χ2n) is 3.85. The molecular formula is C9H9F3N2O2. The average molecular weight is 234 g/mol. The number of alkyl halides is 3. The molecule has 16 heavy (non-hydrogen) atoms. The molecule has 1 heterocycles. The summed E-state index contributed by atoms with van der Waals surface area (Å²) in [6.07, 6.45) is -2.92. The molecule has 2 rings (SSSR count). The molecule has 0 atom stereocenters. The van der Waals surface area contributed by atoms with Crippen molar-refractivity contribution in [3.63, 3.8) is 0 Å². The first-order valence-corrected chi connectivity index (χ1v) is 4.86. The van der Waals surface area contributed by atoms with Crippen molar-refractivity contribution in [2.24, 2.45) is 5.92 Å². The van der Waals surface area contributed by atoms with E-state index in [-0.39, 0.29) is 5.89 Å². The van der Waals surface area contributed by atoms with Crippen LogP contribution in [-0.2, 0) is 17.6 Å². The molecule has 0 amide bonds. The Kier molecular flexibility index (Phi) is 2.69. The number of aromatic nitrogens is 2. The maximum absolute atomic E-state index is 11.9. The molecule has 1 saturated carbocycles. The van der Waals surface area contributed by atoms with Crippen molar-refractivity contribution < 1.29 is 22.5 Å². The third kappa shape index (κ3) is 2.80. The van der Waals surface area contributed by atoms with Crippen molar-refractivity contribution in [1.82, 2.24) is 10.1 Å². The van der Waals surface area contributed by atoms with E-state index in [1.54, 1.807) is 0 Å². The van der Waals surface area contributed by atoms with Crippen molar-refractivity contribution in [2.75, 3.05) is 0 Å². The topological polar surface area (TPSA) is 56.0 Å². The number of rotatable bonds is 4. The van der Waals surface area contributed by atoms with Crippen LogP contribution in [0.5, 0.6) is 0 Å². The minimum Gasteiger partial charge on any atom is -0.339 e. The van der Waals surface area contributed by atoms with E-state index in [4.69, 9.17) is 0 Å². The minimum absolute atomic E-state index is 0.266. The molecule has 4 nitrogen and oxygen atoms in total. The van der Waals surface area contributed by atoms with E-state index in [1.807, 2.05) is 0 Å². The van der Waals surface area contributed by atoms with E-state index in [1.165, 1.54) is 0 Å². The Morgan fingerprint density at radius 3 is 2.69 bits per heavy atom. The smallest absolute Gasteiger partial charge is 0.339 e. The largest absolute Gasteiger partial charge is 0.450 e. The van der Waals surface area contributed by atoms with Crippen LogP contribution in [0.3, 0.4) is 0 Å². The number of halogens is 3. The lowest BCUT2D eigenvalue weighted by Crippen LogP contribution is -2.24. The van der Waals surface area contributed by atoms with Gasteiger partial charge in [-0.1, -0.05) is 5.16 Å². The minimum atomic E-state index is -4.84. The van der Waals surface area contributed by atoms with E-state index in [0.29, 0.717) is 18.2 Å². The predicted molar refractivity (Wildman–Crippen MR) is 45.5 cm³/mol. The molecule has 0 bridgehead atoms. The summed E-state index contributed by atoms with van der Waals surface area (Å²) in [6.45, 7) is 0. The van der Waals surface area contributed by atoms with Gasteiger partial charge in [-0.05, 0) is 18.8 Å². The van der Waals surface area contributed by atoms with Gasteiger partial charge in [0.15, 0.2) is 5.82 Å². The summed E-state index contributed by atoms with van der Waals surface area (Å²) >= 11 is 0. The van der Waals surface area contributed by atoms with Gasteiger partial charge in [0.1, 0.15) is 0 Å². The highest BCUT2D eigenvalue weighted by molar-refractivity contribution is 5.85. The SMILES string of the molecule is O=C(Cc1nc(CC2CC2)no1)C(F)(F)F. The van der Waals surface area contributed by atoms with E-state index < -0.39 is 18.4 Å². The number of hydrogen-bond acceptors (Lipinski definition) is 4. The highest BCUT2D eigenvalue weighted by atomic mass is 19.4. The molecular weight excluding hydrogens is 225 g/mol. The second-order valence-corrected chi connectivity index (χ2v) is 3.85. The van der Waals surface area contributed by atoms with E-state index in [0.717, 1.165) is 12.8 Å². The fraction of sp³-hybridized carbons (Fsp3) is 0.667. The zero-order chi connectivity index (χ0) is 11.8. The number of nitrogens with zero attached hydrogens (tertiary/aromatic N) is 2. The van der Waals surface area contributed by atoms with Gasteiger partial charge in [-0.25, -0.2) is 0 Å². The van der Waals surface area contributed by atoms with Crippen molar-refractivity contribution in [3.8, 4) is 0 Å². The molecule has 1 aromatic rings. The molecule has 0 N–H and O–H groups in total. The van der Waals surface area contributed by atoms with Crippen molar-refractivity contribution in [1.29, 1.82) is 0 Å². The van der Waals surface area contributed by atoms with Gasteiger partial charge in [-0.15, -0.1) is 0 Å². The highest BCUT2D eigenvalue weighted by Crippen LogP contribution is 2.31. The Hall–Kier alpha value is -1.40. The summed E-state index contributed by atoms with van der Waals surface area (Å²) in [5.74, 6) is -1.23. The standard InChI is InChI=1S/C9H9F3N2O2/c10-9(11,12)6(15)4-8-13-7(14-16-8)3-5-1-2-5/h5H,1-4H2. The van der Waals surface area contributed by atoms with Crippen LogP contribution in [0, 0.1) is 5.92 Å². The maximum Gasteiger partial charge on any atom is 0.450 e. The summed E-state index contributed by atoms with van der Waals surface area (Å²) in [7, 11) is 0. The predicted octanol–water partition coefficient (Wildman–Crippen LogP) is 1.70. The van der Waals surface area contributed by atoms with Gasteiger partial charge < -0.3 is 4.52 Å². The molecule has 1 fully saturated rings. The lowest BCUT2D eigenvalue weighted by Gasteiger charge is -2.00. The summed E-state index contributed by atoms with van der Waals surface area (Å²) < 4.78 is 40.3. The van der Waals surface area contributed by atoms with Crippen molar-refractivity contribution >= 4 is 5.78 Å². The van der Waals surface area contributed by atoms with Crippen LogP contribution in [0.4, 0.5) is 13.2 Å². The second kappa shape index (κ2) is 3.88. The molecule has 0 radical (unpaired) electrons. The molecule has 1 aromatic heterocycles. The number of carbonyl (C=O) groups is 1. The van der Waals surface area contributed by atoms with Crippen molar-refractivity contribution in [2.45, 2.75) is 31.9 Å². The molecule has 0 spiro atoms. The fourth-order valence-electron chi connectivity index (χ4n) is 1.26. The molecule has 0 aliphatic heterocycles.